The van der Waals surface area contributed by atoms with Crippen molar-refractivity contribution in [1.29, 1.82) is 0 Å². The third kappa shape index (κ3) is 3.39. The maximum Gasteiger partial charge on any atom is 0.118 e. The van der Waals surface area contributed by atoms with Gasteiger partial charge < -0.3 is 4.74 Å². The van der Waals surface area contributed by atoms with Crippen LogP contribution in [0.5, 0.6) is 5.75 Å². The molecule has 0 fully saturated rings. The Kier molecular flexibility index (Phi) is 4.66. The maximum atomic E-state index is 5.25. The molecule has 0 saturated heterocycles. The van der Waals surface area contributed by atoms with Gasteiger partial charge in [-0.3, -0.25) is 0 Å². The van der Waals surface area contributed by atoms with Crippen LogP contribution in [0.4, 0.5) is 0 Å². The summed E-state index contributed by atoms with van der Waals surface area (Å²) in [5.74, 6) is 2.71. The van der Waals surface area contributed by atoms with Crippen molar-refractivity contribution < 1.29 is 4.74 Å². The number of benzene rings is 2. The topological polar surface area (TPSA) is 9.23 Å². The number of hydrogen-bond donors (Lipinski definition) is 0. The van der Waals surface area contributed by atoms with Gasteiger partial charge in [-0.25, -0.2) is 0 Å². The highest BCUT2D eigenvalue weighted by Crippen LogP contribution is 2.38. The molecular weight excluding hydrogens is 280 g/mol. The molecule has 1 unspecified atom stereocenters. The first-order valence-electron chi connectivity index (χ1n) is 8.08. The smallest absolute Gasteiger partial charge is 0.118 e. The number of methoxy groups -OCH3 is 1. The molecule has 1 nitrogen and oxygen atoms in total. The van der Waals surface area contributed by atoms with Gasteiger partial charge in [-0.2, -0.15) is 0 Å². The Labute approximate surface area is 139 Å². The first kappa shape index (κ1) is 15.6. The molecule has 1 heteroatoms. The van der Waals surface area contributed by atoms with Crippen LogP contribution in [-0.4, -0.2) is 7.11 Å². The fourth-order valence-corrected chi connectivity index (χ4v) is 3.33. The molecule has 0 heterocycles. The van der Waals surface area contributed by atoms with E-state index in [1.165, 1.54) is 28.2 Å². The monoisotopic (exact) mass is 303 g/mol. The molecule has 1 aliphatic carbocycles. The van der Waals surface area contributed by atoms with Crippen molar-refractivity contribution in [3.8, 4) is 5.75 Å². The predicted molar refractivity (Wildman–Crippen MR) is 96.8 cm³/mol. The summed E-state index contributed by atoms with van der Waals surface area (Å²) in [4.78, 5) is 0. The van der Waals surface area contributed by atoms with Gasteiger partial charge in [0.1, 0.15) is 5.75 Å². The van der Waals surface area contributed by atoms with Gasteiger partial charge in [0.25, 0.3) is 0 Å². The molecule has 0 aromatic heterocycles. The van der Waals surface area contributed by atoms with Gasteiger partial charge in [-0.15, -0.1) is 0 Å². The molecule has 2 aromatic carbocycles. The van der Waals surface area contributed by atoms with Crippen molar-refractivity contribution in [2.45, 2.75) is 26.2 Å². The summed E-state index contributed by atoms with van der Waals surface area (Å²) in [7, 11) is 1.70. The summed E-state index contributed by atoms with van der Waals surface area (Å²) in [6.07, 6.45) is 7.54. The van der Waals surface area contributed by atoms with Crippen LogP contribution in [0.25, 0.3) is 0 Å². The lowest BCUT2D eigenvalue weighted by molar-refractivity contribution is 0.414. The summed E-state index contributed by atoms with van der Waals surface area (Å²) in [5.41, 5.74) is 5.53. The van der Waals surface area contributed by atoms with Crippen molar-refractivity contribution in [2.24, 2.45) is 0 Å². The van der Waals surface area contributed by atoms with Crippen LogP contribution in [0, 0.1) is 5.92 Å². The van der Waals surface area contributed by atoms with Gasteiger partial charge in [0.2, 0.25) is 0 Å². The first-order valence-corrected chi connectivity index (χ1v) is 8.08. The lowest BCUT2D eigenvalue weighted by atomic mass is 9.77. The largest absolute Gasteiger partial charge is 0.497 e. The molecule has 117 valence electrons. The molecule has 0 spiro atoms. The van der Waals surface area contributed by atoms with Crippen LogP contribution >= 0.6 is 0 Å². The average molecular weight is 303 g/mol. The highest BCUT2D eigenvalue weighted by atomic mass is 16.5. The number of rotatable bonds is 4. The lowest BCUT2D eigenvalue weighted by Gasteiger charge is -2.27. The number of allylic oxidation sites excluding steroid dienone is 4. The molecule has 0 saturated carbocycles. The molecule has 23 heavy (non-hydrogen) atoms. The van der Waals surface area contributed by atoms with Crippen molar-refractivity contribution in [1.82, 2.24) is 0 Å². The second kappa shape index (κ2) is 6.87. The van der Waals surface area contributed by atoms with Crippen molar-refractivity contribution in [2.75, 3.05) is 7.11 Å². The summed E-state index contributed by atoms with van der Waals surface area (Å²) < 4.78 is 5.25. The summed E-state index contributed by atoms with van der Waals surface area (Å²) in [5, 5.41) is 0. The van der Waals surface area contributed by atoms with Gasteiger partial charge in [0.05, 0.1) is 7.11 Å². The summed E-state index contributed by atoms with van der Waals surface area (Å²) in [6.45, 7) is 4.45. The Morgan fingerprint density at radius 3 is 2.39 bits per heavy atom. The third-order valence-corrected chi connectivity index (χ3v) is 4.55. The molecule has 0 N–H and O–H groups in total. The Balaban J connectivity index is 1.91. The minimum atomic E-state index is 0.398. The lowest BCUT2D eigenvalue weighted by Crippen LogP contribution is -2.12. The van der Waals surface area contributed by atoms with Crippen molar-refractivity contribution in [3.63, 3.8) is 0 Å². The Morgan fingerprint density at radius 1 is 0.957 bits per heavy atom. The minimum absolute atomic E-state index is 0.398. The molecule has 0 bridgehead atoms. The van der Waals surface area contributed by atoms with Gasteiger partial charge >= 0.3 is 0 Å². The standard InChI is InChI=1S/C22H23O/c1-16-7-6-8-17(2)22(16)21-10-5-4-9-19(21)15-18-11-13-20(23-3)14-12-18/h4-14,22H,15H2,1-3H3. The van der Waals surface area contributed by atoms with Gasteiger partial charge in [0.15, 0.2) is 0 Å². The normalized spacial score (nSPS) is 17.9. The van der Waals surface area contributed by atoms with Crippen molar-refractivity contribution in [3.05, 3.63) is 94.9 Å². The Morgan fingerprint density at radius 2 is 1.70 bits per heavy atom. The summed E-state index contributed by atoms with van der Waals surface area (Å²) >= 11 is 0. The van der Waals surface area contributed by atoms with Crippen LogP contribution in [0.3, 0.4) is 0 Å². The molecule has 1 atom stereocenters. The van der Waals surface area contributed by atoms with Gasteiger partial charge in [0, 0.05) is 11.8 Å². The van der Waals surface area contributed by atoms with E-state index in [-0.39, 0.29) is 0 Å². The third-order valence-electron chi connectivity index (χ3n) is 4.55. The molecule has 1 radical (unpaired) electrons. The van der Waals surface area contributed by atoms with E-state index >= 15 is 0 Å². The van der Waals surface area contributed by atoms with Crippen molar-refractivity contribution >= 4 is 0 Å². The van der Waals surface area contributed by atoms with Crippen LogP contribution in [-0.2, 0) is 6.42 Å². The van der Waals surface area contributed by atoms with Gasteiger partial charge in [-0.05, 0) is 42.2 Å². The van der Waals surface area contributed by atoms with E-state index in [2.05, 4.69) is 68.5 Å². The molecule has 1 aliphatic rings. The van der Waals surface area contributed by atoms with Gasteiger partial charge in [-0.1, -0.05) is 67.1 Å². The quantitative estimate of drug-likeness (QED) is 0.726. The minimum Gasteiger partial charge on any atom is -0.497 e. The molecular formula is C22H23O. The van der Waals surface area contributed by atoms with E-state index in [0.717, 1.165) is 12.2 Å². The highest BCUT2D eigenvalue weighted by molar-refractivity contribution is 5.47. The predicted octanol–water partition coefficient (Wildman–Crippen LogP) is 5.48. The zero-order valence-electron chi connectivity index (χ0n) is 14.0. The zero-order valence-corrected chi connectivity index (χ0v) is 14.0. The second-order valence-corrected chi connectivity index (χ2v) is 6.17. The SMILES string of the molecule is COc1ccc(Cc2ccccc2C2[C](C)C=CC=C2C)cc1. The second-order valence-electron chi connectivity index (χ2n) is 6.17. The van der Waals surface area contributed by atoms with E-state index in [1.54, 1.807) is 7.11 Å². The fourth-order valence-electron chi connectivity index (χ4n) is 3.33. The molecule has 0 amide bonds. The number of hydrogen-bond acceptors (Lipinski definition) is 1. The zero-order chi connectivity index (χ0) is 16.2. The molecule has 2 aromatic rings. The van der Waals surface area contributed by atoms with Crippen LogP contribution in [0.1, 0.15) is 36.5 Å². The van der Waals surface area contributed by atoms with E-state index in [1.807, 2.05) is 12.1 Å². The Bertz CT molecular complexity index is 722. The fraction of sp³-hybridized carbons (Fsp3) is 0.227. The van der Waals surface area contributed by atoms with E-state index in [4.69, 9.17) is 4.74 Å². The van der Waals surface area contributed by atoms with Crippen LogP contribution < -0.4 is 4.74 Å². The summed E-state index contributed by atoms with van der Waals surface area (Å²) in [6, 6.07) is 17.2. The highest BCUT2D eigenvalue weighted by Gasteiger charge is 2.23. The average Bonchev–Trinajstić information content (AvgIpc) is 2.57. The van der Waals surface area contributed by atoms with E-state index < -0.39 is 0 Å². The first-order chi connectivity index (χ1) is 11.2. The molecule has 0 aliphatic heterocycles. The van der Waals surface area contributed by atoms with Crippen LogP contribution in [0.2, 0.25) is 0 Å². The van der Waals surface area contributed by atoms with Crippen LogP contribution in [0.15, 0.2) is 72.3 Å². The Hall–Kier alpha value is -2.28. The number of ether oxygens (including phenoxy) is 1. The maximum absolute atomic E-state index is 5.25. The van der Waals surface area contributed by atoms with E-state index in [0.29, 0.717) is 5.92 Å². The van der Waals surface area contributed by atoms with E-state index in [9.17, 15) is 0 Å². The molecule has 3 rings (SSSR count).